The molecule has 1 unspecified atom stereocenters. The number of nitrogens with zero attached hydrogens (tertiary/aromatic N) is 1. The van der Waals surface area contributed by atoms with Gasteiger partial charge < -0.3 is 10.2 Å². The molecule has 1 aliphatic rings. The topological polar surface area (TPSA) is 49.4 Å². The summed E-state index contributed by atoms with van der Waals surface area (Å²) in [6.07, 6.45) is 4.68. The molecule has 1 aromatic rings. The van der Waals surface area contributed by atoms with Crippen molar-refractivity contribution in [3.63, 3.8) is 0 Å². The lowest BCUT2D eigenvalue weighted by Gasteiger charge is -2.17. The Balaban J connectivity index is 2.04. The van der Waals surface area contributed by atoms with Gasteiger partial charge in [-0.3, -0.25) is 9.59 Å². The lowest BCUT2D eigenvalue weighted by atomic mass is 10.1. The van der Waals surface area contributed by atoms with E-state index in [2.05, 4.69) is 18.2 Å². The van der Waals surface area contributed by atoms with Crippen LogP contribution in [0, 0.1) is 0 Å². The van der Waals surface area contributed by atoms with Crippen LogP contribution in [0.25, 0.3) is 0 Å². The van der Waals surface area contributed by atoms with Crippen molar-refractivity contribution in [3.8, 4) is 0 Å². The zero-order valence-corrected chi connectivity index (χ0v) is 13.0. The van der Waals surface area contributed by atoms with Gasteiger partial charge in [0.15, 0.2) is 0 Å². The van der Waals surface area contributed by atoms with E-state index in [0.717, 1.165) is 25.1 Å². The van der Waals surface area contributed by atoms with E-state index in [4.69, 9.17) is 0 Å². The molecule has 1 N–H and O–H groups in total. The third-order valence-corrected chi connectivity index (χ3v) is 4.68. The summed E-state index contributed by atoms with van der Waals surface area (Å²) in [7, 11) is 0. The molecule has 4 nitrogen and oxygen atoms in total. The molecule has 1 heterocycles. The summed E-state index contributed by atoms with van der Waals surface area (Å²) in [6, 6.07) is 7.39. The van der Waals surface area contributed by atoms with Crippen LogP contribution in [0.15, 0.2) is 36.9 Å². The Hall–Kier alpha value is -1.75. The van der Waals surface area contributed by atoms with E-state index in [9.17, 15) is 9.59 Å². The van der Waals surface area contributed by atoms with Crippen LogP contribution >= 0.6 is 11.8 Å². The van der Waals surface area contributed by atoms with Crippen molar-refractivity contribution in [1.29, 1.82) is 0 Å². The largest absolute Gasteiger partial charge is 0.341 e. The van der Waals surface area contributed by atoms with Crippen LogP contribution in [-0.2, 0) is 16.0 Å². The van der Waals surface area contributed by atoms with Gasteiger partial charge in [-0.15, -0.1) is 0 Å². The number of para-hydroxylation sites is 1. The summed E-state index contributed by atoms with van der Waals surface area (Å²) in [5.41, 5.74) is 1.52. The van der Waals surface area contributed by atoms with Gasteiger partial charge in [-0.1, -0.05) is 24.8 Å². The predicted octanol–water partition coefficient (Wildman–Crippen LogP) is 2.32. The van der Waals surface area contributed by atoms with Gasteiger partial charge in [-0.2, -0.15) is 11.8 Å². The van der Waals surface area contributed by atoms with Gasteiger partial charge in [-0.05, 0) is 30.4 Å². The highest BCUT2D eigenvalue weighted by Crippen LogP contribution is 2.22. The smallest absolute Gasteiger partial charge is 0.247 e. The van der Waals surface area contributed by atoms with Crippen molar-refractivity contribution >= 4 is 29.3 Å². The SMILES string of the molecule is C=CC(=O)Nc1ccccc1CC(=O)N1CCC(SC)C1. The van der Waals surface area contributed by atoms with E-state index < -0.39 is 0 Å². The average molecular weight is 304 g/mol. The van der Waals surface area contributed by atoms with Crippen molar-refractivity contribution < 1.29 is 9.59 Å². The lowest BCUT2D eigenvalue weighted by Crippen LogP contribution is -2.30. The number of benzene rings is 1. The van der Waals surface area contributed by atoms with Gasteiger partial charge in [0.1, 0.15) is 0 Å². The molecule has 1 atom stereocenters. The van der Waals surface area contributed by atoms with Crippen LogP contribution in [0.1, 0.15) is 12.0 Å². The van der Waals surface area contributed by atoms with Crippen molar-refractivity contribution in [3.05, 3.63) is 42.5 Å². The van der Waals surface area contributed by atoms with Gasteiger partial charge in [0.05, 0.1) is 6.42 Å². The molecule has 0 radical (unpaired) electrons. The molecule has 2 rings (SSSR count). The Morgan fingerprint density at radius 3 is 2.90 bits per heavy atom. The Labute approximate surface area is 129 Å². The van der Waals surface area contributed by atoms with Crippen LogP contribution in [0.4, 0.5) is 5.69 Å². The molecule has 0 aromatic heterocycles. The summed E-state index contributed by atoms with van der Waals surface area (Å²) in [5, 5.41) is 3.29. The number of amides is 2. The Kier molecular flexibility index (Phi) is 5.44. The van der Waals surface area contributed by atoms with E-state index in [-0.39, 0.29) is 11.8 Å². The Morgan fingerprint density at radius 1 is 1.48 bits per heavy atom. The first-order chi connectivity index (χ1) is 10.1. The first-order valence-electron chi connectivity index (χ1n) is 6.96. The van der Waals surface area contributed by atoms with E-state index in [1.165, 1.54) is 6.08 Å². The summed E-state index contributed by atoms with van der Waals surface area (Å²) in [6.45, 7) is 5.08. The number of hydrogen-bond acceptors (Lipinski definition) is 3. The first-order valence-corrected chi connectivity index (χ1v) is 8.24. The standard InChI is InChI=1S/C16H20N2O2S/c1-3-15(19)17-14-7-5-4-6-12(14)10-16(20)18-9-8-13(11-18)21-2/h3-7,13H,1,8-11H2,2H3,(H,17,19). The molecule has 0 bridgehead atoms. The monoisotopic (exact) mass is 304 g/mol. The second-order valence-electron chi connectivity index (χ2n) is 5.01. The van der Waals surface area contributed by atoms with Crippen LogP contribution in [0.5, 0.6) is 0 Å². The molecule has 112 valence electrons. The van der Waals surface area contributed by atoms with Gasteiger partial charge in [0.25, 0.3) is 0 Å². The van der Waals surface area contributed by atoms with Gasteiger partial charge in [0, 0.05) is 24.0 Å². The van der Waals surface area contributed by atoms with Crippen molar-refractivity contribution in [1.82, 2.24) is 4.90 Å². The summed E-state index contributed by atoms with van der Waals surface area (Å²) < 4.78 is 0. The maximum absolute atomic E-state index is 12.4. The highest BCUT2D eigenvalue weighted by atomic mass is 32.2. The molecular formula is C16H20N2O2S. The lowest BCUT2D eigenvalue weighted by molar-refractivity contribution is -0.129. The summed E-state index contributed by atoms with van der Waals surface area (Å²) in [4.78, 5) is 25.7. The summed E-state index contributed by atoms with van der Waals surface area (Å²) >= 11 is 1.81. The van der Waals surface area contributed by atoms with E-state index >= 15 is 0 Å². The molecular weight excluding hydrogens is 284 g/mol. The van der Waals surface area contributed by atoms with Crippen LogP contribution in [0.3, 0.4) is 0 Å². The van der Waals surface area contributed by atoms with Crippen LogP contribution < -0.4 is 5.32 Å². The minimum absolute atomic E-state index is 0.117. The number of hydrogen-bond donors (Lipinski definition) is 1. The average Bonchev–Trinajstić information content (AvgIpc) is 2.98. The maximum atomic E-state index is 12.4. The quantitative estimate of drug-likeness (QED) is 0.849. The number of carbonyl (C=O) groups is 2. The highest BCUT2D eigenvalue weighted by molar-refractivity contribution is 7.99. The molecule has 2 amide bonds. The molecule has 21 heavy (non-hydrogen) atoms. The highest BCUT2D eigenvalue weighted by Gasteiger charge is 2.25. The van der Waals surface area contributed by atoms with E-state index in [1.54, 1.807) is 6.07 Å². The van der Waals surface area contributed by atoms with Crippen molar-refractivity contribution in [2.75, 3.05) is 24.7 Å². The molecule has 1 saturated heterocycles. The minimum Gasteiger partial charge on any atom is -0.341 e. The fourth-order valence-electron chi connectivity index (χ4n) is 2.40. The first kappa shape index (κ1) is 15.6. The second-order valence-corrected chi connectivity index (χ2v) is 6.15. The minimum atomic E-state index is -0.265. The number of thioether (sulfide) groups is 1. The normalized spacial score (nSPS) is 17.6. The fourth-order valence-corrected chi connectivity index (χ4v) is 3.07. The third-order valence-electron chi connectivity index (χ3n) is 3.63. The van der Waals surface area contributed by atoms with Crippen LogP contribution in [0.2, 0.25) is 0 Å². The molecule has 1 fully saturated rings. The molecule has 1 aliphatic heterocycles. The Morgan fingerprint density at radius 2 is 2.24 bits per heavy atom. The maximum Gasteiger partial charge on any atom is 0.247 e. The molecule has 0 saturated carbocycles. The van der Waals surface area contributed by atoms with E-state index in [0.29, 0.717) is 17.4 Å². The van der Waals surface area contributed by atoms with E-state index in [1.807, 2.05) is 34.9 Å². The number of likely N-dealkylation sites (tertiary alicyclic amines) is 1. The fraction of sp³-hybridized carbons (Fsp3) is 0.375. The van der Waals surface area contributed by atoms with Gasteiger partial charge in [-0.25, -0.2) is 0 Å². The predicted molar refractivity (Wildman–Crippen MR) is 87.5 cm³/mol. The van der Waals surface area contributed by atoms with Gasteiger partial charge >= 0.3 is 0 Å². The molecule has 1 aromatic carbocycles. The number of rotatable bonds is 5. The van der Waals surface area contributed by atoms with Gasteiger partial charge in [0.2, 0.25) is 11.8 Å². The molecule has 5 heteroatoms. The zero-order valence-electron chi connectivity index (χ0n) is 12.2. The Bertz CT molecular complexity index is 545. The number of anilines is 1. The summed E-state index contributed by atoms with van der Waals surface area (Å²) in [5.74, 6) is -0.148. The van der Waals surface area contributed by atoms with Crippen molar-refractivity contribution in [2.45, 2.75) is 18.1 Å². The zero-order chi connectivity index (χ0) is 15.2. The molecule has 0 spiro atoms. The van der Waals surface area contributed by atoms with Crippen molar-refractivity contribution in [2.24, 2.45) is 0 Å². The molecule has 0 aliphatic carbocycles. The number of carbonyl (C=O) groups excluding carboxylic acids is 2. The second kappa shape index (κ2) is 7.31. The van der Waals surface area contributed by atoms with Crippen LogP contribution in [-0.4, -0.2) is 41.3 Å². The third kappa shape index (κ3) is 4.11. The number of nitrogens with one attached hydrogen (secondary N) is 1.